The summed E-state index contributed by atoms with van der Waals surface area (Å²) in [5.74, 6) is -0.698. The number of pyridine rings is 2. The summed E-state index contributed by atoms with van der Waals surface area (Å²) in [6.45, 7) is 0. The molecular weight excluding hydrogens is 290 g/mol. The number of carboxylic acids is 1. The highest BCUT2D eigenvalue weighted by atomic mass is 35.5. The summed E-state index contributed by atoms with van der Waals surface area (Å²) in [4.78, 5) is 19.4. The minimum atomic E-state index is -1.06. The Morgan fingerprint density at radius 2 is 2.00 bits per heavy atom. The molecule has 0 radical (unpaired) electrons. The average molecular weight is 300 g/mol. The van der Waals surface area contributed by atoms with Crippen molar-refractivity contribution < 1.29 is 9.90 Å². The smallest absolute Gasteiger partial charge is 0.335 e. The normalized spacial score (nSPS) is 10.5. The minimum absolute atomic E-state index is 0.0752. The number of nitrogens with zero attached hydrogens (tertiary/aromatic N) is 2. The van der Waals surface area contributed by atoms with Crippen molar-refractivity contribution in [1.29, 1.82) is 0 Å². The Morgan fingerprint density at radius 1 is 1.19 bits per heavy atom. The zero-order valence-electron chi connectivity index (χ0n) is 10.7. The molecule has 2 aromatic heterocycles. The van der Waals surface area contributed by atoms with Crippen LogP contribution in [0.3, 0.4) is 0 Å². The molecular formula is C15H10ClN3O2. The number of benzene rings is 1. The van der Waals surface area contributed by atoms with Crippen LogP contribution in [0.15, 0.2) is 48.7 Å². The Kier molecular flexibility index (Phi) is 3.41. The number of hydrogen-bond acceptors (Lipinski definition) is 4. The van der Waals surface area contributed by atoms with Crippen LogP contribution >= 0.6 is 11.6 Å². The zero-order chi connectivity index (χ0) is 14.8. The molecule has 2 heterocycles. The van der Waals surface area contributed by atoms with E-state index in [1.165, 1.54) is 12.1 Å². The zero-order valence-corrected chi connectivity index (χ0v) is 11.5. The molecule has 0 aliphatic heterocycles. The molecule has 0 spiro atoms. The number of hydrogen-bond donors (Lipinski definition) is 2. The van der Waals surface area contributed by atoms with E-state index >= 15 is 0 Å². The van der Waals surface area contributed by atoms with Gasteiger partial charge in [-0.1, -0.05) is 29.8 Å². The van der Waals surface area contributed by atoms with Crippen LogP contribution in [0.1, 0.15) is 10.4 Å². The molecule has 0 saturated heterocycles. The fourth-order valence-electron chi connectivity index (χ4n) is 1.97. The van der Waals surface area contributed by atoms with Crippen LogP contribution in [0.2, 0.25) is 5.15 Å². The van der Waals surface area contributed by atoms with Gasteiger partial charge in [-0.25, -0.2) is 9.78 Å². The molecule has 3 aromatic rings. The number of aromatic carboxylic acids is 1. The molecule has 0 fully saturated rings. The molecule has 6 heteroatoms. The lowest BCUT2D eigenvalue weighted by atomic mass is 10.2. The van der Waals surface area contributed by atoms with Gasteiger partial charge in [-0.2, -0.15) is 0 Å². The summed E-state index contributed by atoms with van der Waals surface area (Å²) in [7, 11) is 0. The number of rotatable bonds is 3. The summed E-state index contributed by atoms with van der Waals surface area (Å²) in [5, 5.41) is 13.1. The second kappa shape index (κ2) is 5.38. The first-order chi connectivity index (χ1) is 10.1. The first-order valence-corrected chi connectivity index (χ1v) is 6.52. The molecule has 0 bridgehead atoms. The van der Waals surface area contributed by atoms with Gasteiger partial charge in [0.15, 0.2) is 0 Å². The fraction of sp³-hybridized carbons (Fsp3) is 0. The second-order valence-corrected chi connectivity index (χ2v) is 4.80. The Hall–Kier alpha value is -2.66. The van der Waals surface area contributed by atoms with Gasteiger partial charge in [0.2, 0.25) is 0 Å². The van der Waals surface area contributed by atoms with Crippen LogP contribution in [0, 0.1) is 0 Å². The molecule has 0 saturated carbocycles. The van der Waals surface area contributed by atoms with Crippen molar-refractivity contribution in [2.45, 2.75) is 0 Å². The number of halogens is 1. The third kappa shape index (κ3) is 2.93. The van der Waals surface area contributed by atoms with Crippen molar-refractivity contribution in [2.75, 3.05) is 5.32 Å². The fourth-order valence-corrected chi connectivity index (χ4v) is 2.18. The van der Waals surface area contributed by atoms with Gasteiger partial charge in [-0.15, -0.1) is 0 Å². The van der Waals surface area contributed by atoms with E-state index in [1.54, 1.807) is 6.20 Å². The van der Waals surface area contributed by atoms with E-state index in [2.05, 4.69) is 15.3 Å². The molecule has 0 amide bonds. The quantitative estimate of drug-likeness (QED) is 0.721. The van der Waals surface area contributed by atoms with Crippen molar-refractivity contribution in [3.8, 4) is 0 Å². The molecule has 1 aromatic carbocycles. The highest BCUT2D eigenvalue weighted by Crippen LogP contribution is 2.21. The molecule has 0 unspecified atom stereocenters. The number of fused-ring (bicyclic) bond motifs is 1. The molecule has 104 valence electrons. The van der Waals surface area contributed by atoms with Gasteiger partial charge in [0.05, 0.1) is 23.0 Å². The molecule has 0 atom stereocenters. The van der Waals surface area contributed by atoms with Gasteiger partial charge < -0.3 is 10.4 Å². The maximum atomic E-state index is 11.0. The van der Waals surface area contributed by atoms with Gasteiger partial charge in [-0.3, -0.25) is 4.98 Å². The first-order valence-electron chi connectivity index (χ1n) is 6.14. The molecule has 21 heavy (non-hydrogen) atoms. The summed E-state index contributed by atoms with van der Waals surface area (Å²) in [6.07, 6.45) is 1.66. The summed E-state index contributed by atoms with van der Waals surface area (Å²) in [5.41, 5.74) is 1.67. The number of nitrogens with one attached hydrogen (secondary N) is 1. The van der Waals surface area contributed by atoms with Crippen LogP contribution in [0.25, 0.3) is 10.9 Å². The minimum Gasteiger partial charge on any atom is -0.478 e. The highest BCUT2D eigenvalue weighted by Gasteiger charge is 2.08. The average Bonchev–Trinajstić information content (AvgIpc) is 2.46. The van der Waals surface area contributed by atoms with Gasteiger partial charge in [0.1, 0.15) is 11.0 Å². The van der Waals surface area contributed by atoms with E-state index in [1.807, 2.05) is 30.3 Å². The van der Waals surface area contributed by atoms with Gasteiger partial charge >= 0.3 is 5.97 Å². The Morgan fingerprint density at radius 3 is 2.81 bits per heavy atom. The monoisotopic (exact) mass is 299 g/mol. The standard InChI is InChI=1S/C15H10ClN3O2/c16-13-6-10(15(20)21)7-14(19-13)18-11-5-9-3-1-2-4-12(9)17-8-11/h1-8H,(H,18,19)(H,20,21). The van der Waals surface area contributed by atoms with Crippen molar-refractivity contribution in [2.24, 2.45) is 0 Å². The Bertz CT molecular complexity index is 836. The van der Waals surface area contributed by atoms with Crippen molar-refractivity contribution in [3.05, 3.63) is 59.4 Å². The van der Waals surface area contributed by atoms with E-state index < -0.39 is 5.97 Å². The third-order valence-corrected chi connectivity index (χ3v) is 3.10. The van der Waals surface area contributed by atoms with Crippen LogP contribution in [0.4, 0.5) is 11.5 Å². The third-order valence-electron chi connectivity index (χ3n) is 2.90. The van der Waals surface area contributed by atoms with Gasteiger partial charge in [-0.05, 0) is 24.3 Å². The van der Waals surface area contributed by atoms with Crippen LogP contribution in [0.5, 0.6) is 0 Å². The molecule has 0 aliphatic carbocycles. The van der Waals surface area contributed by atoms with E-state index in [9.17, 15) is 4.79 Å². The lowest BCUT2D eigenvalue weighted by Gasteiger charge is -2.07. The number of para-hydroxylation sites is 1. The molecule has 3 rings (SSSR count). The lowest BCUT2D eigenvalue weighted by Crippen LogP contribution is -2.01. The molecule has 5 nitrogen and oxygen atoms in total. The Balaban J connectivity index is 1.96. The van der Waals surface area contributed by atoms with E-state index in [0.29, 0.717) is 11.5 Å². The number of carboxylic acid groups (broad SMARTS) is 1. The van der Waals surface area contributed by atoms with Crippen LogP contribution in [-0.2, 0) is 0 Å². The van der Waals surface area contributed by atoms with Gasteiger partial charge in [0.25, 0.3) is 0 Å². The molecule has 0 aliphatic rings. The topological polar surface area (TPSA) is 75.1 Å². The van der Waals surface area contributed by atoms with Crippen molar-refractivity contribution >= 4 is 40.0 Å². The Labute approximate surface area is 125 Å². The molecule has 2 N–H and O–H groups in total. The number of anilines is 2. The maximum absolute atomic E-state index is 11.0. The number of carbonyl (C=O) groups is 1. The summed E-state index contributed by atoms with van der Waals surface area (Å²) >= 11 is 5.83. The summed E-state index contributed by atoms with van der Waals surface area (Å²) in [6, 6.07) is 12.3. The van der Waals surface area contributed by atoms with Crippen LogP contribution < -0.4 is 5.32 Å². The van der Waals surface area contributed by atoms with E-state index in [0.717, 1.165) is 10.9 Å². The van der Waals surface area contributed by atoms with Crippen molar-refractivity contribution in [1.82, 2.24) is 9.97 Å². The van der Waals surface area contributed by atoms with E-state index in [-0.39, 0.29) is 10.7 Å². The SMILES string of the molecule is O=C(O)c1cc(Cl)nc(Nc2cnc3ccccc3c2)c1. The van der Waals surface area contributed by atoms with Gasteiger partial charge in [0, 0.05) is 5.39 Å². The van der Waals surface area contributed by atoms with Crippen molar-refractivity contribution in [3.63, 3.8) is 0 Å². The summed E-state index contributed by atoms with van der Waals surface area (Å²) < 4.78 is 0. The second-order valence-electron chi connectivity index (χ2n) is 4.41. The number of aromatic nitrogens is 2. The maximum Gasteiger partial charge on any atom is 0.335 e. The predicted octanol–water partition coefficient (Wildman–Crippen LogP) is 3.73. The lowest BCUT2D eigenvalue weighted by molar-refractivity contribution is 0.0697. The first kappa shape index (κ1) is 13.3. The predicted molar refractivity (Wildman–Crippen MR) is 81.2 cm³/mol. The van der Waals surface area contributed by atoms with E-state index in [4.69, 9.17) is 16.7 Å². The largest absolute Gasteiger partial charge is 0.478 e. The van der Waals surface area contributed by atoms with Crippen LogP contribution in [-0.4, -0.2) is 21.0 Å². The highest BCUT2D eigenvalue weighted by molar-refractivity contribution is 6.29.